The Hall–Kier alpha value is -4.10. The third-order valence-corrected chi connectivity index (χ3v) is 15.0. The van der Waals surface area contributed by atoms with E-state index < -0.39 is 67.3 Å². The van der Waals surface area contributed by atoms with E-state index in [4.69, 9.17) is 23.7 Å². The van der Waals surface area contributed by atoms with Gasteiger partial charge in [0, 0.05) is 19.3 Å². The molecule has 0 radical (unpaired) electrons. The fourth-order valence-corrected chi connectivity index (χ4v) is 9.84. The number of ether oxygens (including phenoxy) is 5. The topological polar surface area (TPSA) is 175 Å². The van der Waals surface area contributed by atoms with Gasteiger partial charge in [-0.2, -0.15) is 0 Å². The minimum Gasteiger partial charge on any atom is -0.479 e. The molecule has 0 aromatic rings. The molecule has 1 saturated heterocycles. The molecule has 83 heavy (non-hydrogen) atoms. The SMILES string of the molecule is CC/C=C\C/C=C\C/C=C\C/C=C\CCCCC(=O)OC1C(OCC(COC(=O)CCCCCCCC/C=C\C/C=C\C/C=C\CCCCC)OC(=O)CCCCCCCCCCCCCCCCCCCCC)OC(C(=O)O)C(O)C1O. The van der Waals surface area contributed by atoms with Crippen LogP contribution in [0, 0.1) is 0 Å². The molecule has 0 aromatic heterocycles. The maximum atomic E-state index is 13.2. The van der Waals surface area contributed by atoms with Crippen molar-refractivity contribution in [2.24, 2.45) is 0 Å². The fraction of sp³-hybridized carbons (Fsp3) is 0.746. The molecule has 0 amide bonds. The van der Waals surface area contributed by atoms with Crippen LogP contribution in [0.15, 0.2) is 85.1 Å². The number of rotatable bonds is 57. The van der Waals surface area contributed by atoms with Crippen LogP contribution in [0.2, 0.25) is 0 Å². The van der Waals surface area contributed by atoms with Crippen LogP contribution in [0.5, 0.6) is 0 Å². The second kappa shape index (κ2) is 58.3. The largest absolute Gasteiger partial charge is 0.479 e. The van der Waals surface area contributed by atoms with E-state index >= 15 is 0 Å². The van der Waals surface area contributed by atoms with Crippen molar-refractivity contribution in [3.05, 3.63) is 85.1 Å². The molecule has 1 fully saturated rings. The Kier molecular flexibility index (Phi) is 54.0. The van der Waals surface area contributed by atoms with Crippen LogP contribution in [0.4, 0.5) is 0 Å². The smallest absolute Gasteiger partial charge is 0.335 e. The fourth-order valence-electron chi connectivity index (χ4n) is 9.84. The van der Waals surface area contributed by atoms with Gasteiger partial charge < -0.3 is 39.0 Å². The number of unbranched alkanes of at least 4 members (excludes halogenated alkanes) is 29. The van der Waals surface area contributed by atoms with E-state index in [1.807, 2.05) is 0 Å². The number of allylic oxidation sites excluding steroid dienone is 14. The highest BCUT2D eigenvalue weighted by Crippen LogP contribution is 2.27. The Morgan fingerprint density at radius 3 is 1.20 bits per heavy atom. The van der Waals surface area contributed by atoms with Gasteiger partial charge in [0.1, 0.15) is 18.8 Å². The standard InChI is InChI=1S/C71H120O12/c1-4-7-10-13-16-19-22-25-28-30-32-34-37-39-42-45-48-51-54-57-63(72)79-60-62(81-64(73)58-55-52-49-46-43-41-38-35-33-31-29-26-23-20-17-14-11-8-5-2)61-80-71-69(67(76)66(75)68(83-71)70(77)78)82-65(74)59-56-53-50-47-44-40-36-27-24-21-18-15-12-9-6-3/h9,12,16,18-19,21,25,27-28,32,34,36,44,47,62,66-69,71,75-76H,4-8,10-11,13-15,17,20,22-24,26,29-31,33,35,37-43,45-46,48-61H2,1-3H3,(H,77,78)/b12-9-,19-16-,21-18-,28-25-,34-32-,36-27-,47-44-. The second-order valence-corrected chi connectivity index (χ2v) is 22.7. The van der Waals surface area contributed by atoms with Crippen molar-refractivity contribution in [2.75, 3.05) is 13.2 Å². The molecule has 0 bridgehead atoms. The zero-order valence-corrected chi connectivity index (χ0v) is 52.7. The number of hydrogen-bond acceptors (Lipinski definition) is 11. The molecule has 1 aliphatic heterocycles. The van der Waals surface area contributed by atoms with Crippen LogP contribution in [0.25, 0.3) is 0 Å². The Bertz CT molecular complexity index is 1760. The van der Waals surface area contributed by atoms with Crippen LogP contribution in [-0.4, -0.2) is 89.2 Å². The van der Waals surface area contributed by atoms with Gasteiger partial charge in [-0.25, -0.2) is 4.79 Å². The lowest BCUT2D eigenvalue weighted by Gasteiger charge is -2.40. The summed E-state index contributed by atoms with van der Waals surface area (Å²) in [6.07, 6.45) is 64.0. The van der Waals surface area contributed by atoms with Gasteiger partial charge in [-0.05, 0) is 96.3 Å². The van der Waals surface area contributed by atoms with Gasteiger partial charge in [0.2, 0.25) is 0 Å². The van der Waals surface area contributed by atoms with Crippen LogP contribution in [-0.2, 0) is 42.9 Å². The van der Waals surface area contributed by atoms with Crippen LogP contribution in [0.1, 0.15) is 290 Å². The minimum atomic E-state index is -1.92. The highest BCUT2D eigenvalue weighted by molar-refractivity contribution is 5.74. The summed E-state index contributed by atoms with van der Waals surface area (Å²) in [7, 11) is 0. The minimum absolute atomic E-state index is 0.00538. The van der Waals surface area contributed by atoms with Gasteiger partial charge in [0.25, 0.3) is 0 Å². The average molecular weight is 1170 g/mol. The van der Waals surface area contributed by atoms with Gasteiger partial charge in [-0.15, -0.1) is 0 Å². The van der Waals surface area contributed by atoms with E-state index in [1.165, 1.54) is 122 Å². The number of carbonyl (C=O) groups excluding carboxylic acids is 3. The number of carbonyl (C=O) groups is 4. The quantitative estimate of drug-likeness (QED) is 0.0228. The van der Waals surface area contributed by atoms with Gasteiger partial charge >= 0.3 is 23.9 Å². The molecular weight excluding hydrogens is 1040 g/mol. The highest BCUT2D eigenvalue weighted by atomic mass is 16.7. The summed E-state index contributed by atoms with van der Waals surface area (Å²) in [5.74, 6) is -3.18. The average Bonchev–Trinajstić information content (AvgIpc) is 3.57. The molecule has 6 atom stereocenters. The Morgan fingerprint density at radius 1 is 0.410 bits per heavy atom. The Balaban J connectivity index is 2.67. The maximum absolute atomic E-state index is 13.2. The normalized spacial score (nSPS) is 18.1. The monoisotopic (exact) mass is 1160 g/mol. The Labute approximate surface area is 505 Å². The Morgan fingerprint density at radius 2 is 0.759 bits per heavy atom. The summed E-state index contributed by atoms with van der Waals surface area (Å²) >= 11 is 0. The number of hydrogen-bond donors (Lipinski definition) is 3. The molecule has 6 unspecified atom stereocenters. The predicted octanol–water partition coefficient (Wildman–Crippen LogP) is 18.2. The second-order valence-electron chi connectivity index (χ2n) is 22.7. The van der Waals surface area contributed by atoms with E-state index in [2.05, 4.69) is 106 Å². The van der Waals surface area contributed by atoms with Crippen molar-refractivity contribution in [3.63, 3.8) is 0 Å². The molecule has 12 heteroatoms. The number of aliphatic carboxylic acids is 1. The van der Waals surface area contributed by atoms with Gasteiger partial charge in [0.15, 0.2) is 24.6 Å². The number of aliphatic hydroxyl groups is 2. The van der Waals surface area contributed by atoms with Crippen molar-refractivity contribution in [3.8, 4) is 0 Å². The van der Waals surface area contributed by atoms with E-state index in [-0.39, 0.29) is 25.9 Å². The molecule has 0 aliphatic carbocycles. The first-order valence-electron chi connectivity index (χ1n) is 33.6. The van der Waals surface area contributed by atoms with Crippen molar-refractivity contribution in [1.82, 2.24) is 0 Å². The summed E-state index contributed by atoms with van der Waals surface area (Å²) in [5, 5.41) is 31.6. The van der Waals surface area contributed by atoms with E-state index in [0.29, 0.717) is 25.7 Å². The van der Waals surface area contributed by atoms with Gasteiger partial charge in [-0.1, -0.05) is 260 Å². The molecule has 12 nitrogen and oxygen atoms in total. The van der Waals surface area contributed by atoms with E-state index in [0.717, 1.165) is 103 Å². The van der Waals surface area contributed by atoms with Crippen molar-refractivity contribution < 1.29 is 58.2 Å². The highest BCUT2D eigenvalue weighted by Gasteiger charge is 2.50. The lowest BCUT2D eigenvalue weighted by Crippen LogP contribution is -2.61. The molecule has 0 spiro atoms. The van der Waals surface area contributed by atoms with E-state index in [9.17, 15) is 34.5 Å². The first-order chi connectivity index (χ1) is 40.6. The summed E-state index contributed by atoms with van der Waals surface area (Å²) in [6.45, 7) is 5.86. The summed E-state index contributed by atoms with van der Waals surface area (Å²) in [6, 6.07) is 0. The number of aliphatic hydroxyl groups excluding tert-OH is 2. The first-order valence-corrected chi connectivity index (χ1v) is 33.6. The summed E-state index contributed by atoms with van der Waals surface area (Å²) < 4.78 is 28.5. The zero-order chi connectivity index (χ0) is 60.3. The van der Waals surface area contributed by atoms with Crippen molar-refractivity contribution in [2.45, 2.75) is 327 Å². The molecule has 0 aromatic carbocycles. The number of carboxylic acids is 1. The van der Waals surface area contributed by atoms with Crippen molar-refractivity contribution >= 4 is 23.9 Å². The molecule has 1 heterocycles. The van der Waals surface area contributed by atoms with E-state index in [1.54, 1.807) is 0 Å². The van der Waals surface area contributed by atoms with Gasteiger partial charge in [0.05, 0.1) is 6.61 Å². The molecule has 0 saturated carbocycles. The lowest BCUT2D eigenvalue weighted by atomic mass is 9.98. The summed E-state index contributed by atoms with van der Waals surface area (Å²) in [5.41, 5.74) is 0. The maximum Gasteiger partial charge on any atom is 0.335 e. The predicted molar refractivity (Wildman–Crippen MR) is 340 cm³/mol. The number of carboxylic acid groups (broad SMARTS) is 1. The van der Waals surface area contributed by atoms with Crippen LogP contribution in [0.3, 0.4) is 0 Å². The van der Waals surface area contributed by atoms with Gasteiger partial charge in [-0.3, -0.25) is 14.4 Å². The third kappa shape index (κ3) is 47.8. The van der Waals surface area contributed by atoms with Crippen LogP contribution >= 0.6 is 0 Å². The molecule has 1 rings (SSSR count). The molecule has 1 aliphatic rings. The zero-order valence-electron chi connectivity index (χ0n) is 52.7. The molecule has 3 N–H and O–H groups in total. The van der Waals surface area contributed by atoms with Crippen molar-refractivity contribution in [1.29, 1.82) is 0 Å². The lowest BCUT2D eigenvalue weighted by molar-refractivity contribution is -0.301. The van der Waals surface area contributed by atoms with Crippen LogP contribution < -0.4 is 0 Å². The number of esters is 3. The summed E-state index contributed by atoms with van der Waals surface area (Å²) in [4.78, 5) is 51.4. The first kappa shape index (κ1) is 76.9. The third-order valence-electron chi connectivity index (χ3n) is 15.0. The molecule has 476 valence electrons. The molecular formula is C71H120O12.